The maximum absolute atomic E-state index is 12.6. The second-order valence-electron chi connectivity index (χ2n) is 5.88. The third-order valence-electron chi connectivity index (χ3n) is 3.64. The summed E-state index contributed by atoms with van der Waals surface area (Å²) in [6, 6.07) is 14.3. The lowest BCUT2D eigenvalue weighted by molar-refractivity contribution is -0.137. The number of hydrogen-bond donors (Lipinski definition) is 3. The van der Waals surface area contributed by atoms with E-state index in [1.54, 1.807) is 0 Å². The Morgan fingerprint density at radius 1 is 1.15 bits per heavy atom. The fraction of sp³-hybridized carbons (Fsp3) is 0.316. The Morgan fingerprint density at radius 3 is 2.59 bits per heavy atom. The highest BCUT2D eigenvalue weighted by Crippen LogP contribution is 2.31. The van der Waals surface area contributed by atoms with Gasteiger partial charge in [-0.1, -0.05) is 36.4 Å². The smallest absolute Gasteiger partial charge is 0.416 e. The molecule has 0 radical (unpaired) electrons. The number of halogens is 3. The number of aliphatic hydroxyl groups is 1. The average molecular weight is 381 g/mol. The summed E-state index contributed by atoms with van der Waals surface area (Å²) in [6.07, 6.45) is -4.66. The average Bonchev–Trinajstić information content (AvgIpc) is 2.65. The van der Waals surface area contributed by atoms with Gasteiger partial charge in [-0.3, -0.25) is 4.99 Å². The summed E-state index contributed by atoms with van der Waals surface area (Å²) in [5.74, 6) is 0.214. The lowest BCUT2D eigenvalue weighted by atomic mass is 10.1. The number of alkyl halides is 3. The van der Waals surface area contributed by atoms with Crippen LogP contribution in [-0.2, 0) is 12.6 Å². The fourth-order valence-corrected chi connectivity index (χ4v) is 2.25. The van der Waals surface area contributed by atoms with E-state index < -0.39 is 17.8 Å². The van der Waals surface area contributed by atoms with Gasteiger partial charge in [-0.2, -0.15) is 13.2 Å². The van der Waals surface area contributed by atoms with Crippen molar-refractivity contribution in [1.29, 1.82) is 0 Å². The van der Waals surface area contributed by atoms with Crippen molar-refractivity contribution in [2.24, 2.45) is 10.7 Å². The van der Waals surface area contributed by atoms with Gasteiger partial charge in [0.05, 0.1) is 12.1 Å². The Balaban J connectivity index is 1.72. The van der Waals surface area contributed by atoms with Crippen LogP contribution in [0.2, 0.25) is 0 Å². The molecule has 0 saturated carbocycles. The van der Waals surface area contributed by atoms with Gasteiger partial charge in [0.1, 0.15) is 18.5 Å². The molecule has 0 heterocycles. The zero-order valence-electron chi connectivity index (χ0n) is 14.6. The standard InChI is InChI=1S/C19H22F3N3O2/c20-19(21,22)15-7-4-8-17(11-15)27-13-16(26)12-25-18(23)24-10-9-14-5-2-1-3-6-14/h1-8,11,16,26H,9-10,12-13H2,(H3,23,24,25). The number of nitrogens with zero attached hydrogens (tertiary/aromatic N) is 1. The molecule has 2 aromatic carbocycles. The van der Waals surface area contributed by atoms with Crippen LogP contribution in [0.15, 0.2) is 59.6 Å². The number of aliphatic hydroxyl groups excluding tert-OH is 1. The van der Waals surface area contributed by atoms with Crippen LogP contribution in [0.25, 0.3) is 0 Å². The first-order valence-corrected chi connectivity index (χ1v) is 8.40. The van der Waals surface area contributed by atoms with Crippen LogP contribution in [0.3, 0.4) is 0 Å². The number of hydrogen-bond acceptors (Lipinski definition) is 3. The van der Waals surface area contributed by atoms with E-state index in [2.05, 4.69) is 10.3 Å². The van der Waals surface area contributed by atoms with E-state index in [4.69, 9.17) is 10.5 Å². The van der Waals surface area contributed by atoms with Crippen LogP contribution < -0.4 is 15.8 Å². The number of nitrogens with two attached hydrogens (primary N) is 1. The van der Waals surface area contributed by atoms with Gasteiger partial charge < -0.3 is 20.9 Å². The zero-order valence-corrected chi connectivity index (χ0v) is 14.6. The van der Waals surface area contributed by atoms with E-state index in [0.29, 0.717) is 6.54 Å². The summed E-state index contributed by atoms with van der Waals surface area (Å²) in [5.41, 5.74) is 6.08. The molecule has 1 unspecified atom stereocenters. The summed E-state index contributed by atoms with van der Waals surface area (Å²) in [4.78, 5) is 4.00. The fourth-order valence-electron chi connectivity index (χ4n) is 2.25. The molecule has 0 aliphatic rings. The van der Waals surface area contributed by atoms with Crippen molar-refractivity contribution >= 4 is 5.96 Å². The van der Waals surface area contributed by atoms with E-state index in [0.717, 1.165) is 24.1 Å². The minimum atomic E-state index is -4.44. The number of guanidine groups is 1. The van der Waals surface area contributed by atoms with Crippen molar-refractivity contribution in [3.63, 3.8) is 0 Å². The van der Waals surface area contributed by atoms with Crippen molar-refractivity contribution in [2.45, 2.75) is 18.7 Å². The molecule has 2 aromatic rings. The molecule has 27 heavy (non-hydrogen) atoms. The van der Waals surface area contributed by atoms with Gasteiger partial charge in [0.15, 0.2) is 5.96 Å². The Kier molecular flexibility index (Phi) is 7.48. The first kappa shape index (κ1) is 20.6. The van der Waals surface area contributed by atoms with E-state index in [9.17, 15) is 18.3 Å². The zero-order chi connectivity index (χ0) is 19.7. The van der Waals surface area contributed by atoms with E-state index in [-0.39, 0.29) is 24.9 Å². The highest BCUT2D eigenvalue weighted by atomic mass is 19.4. The molecular weight excluding hydrogens is 359 g/mol. The quantitative estimate of drug-likeness (QED) is 0.485. The van der Waals surface area contributed by atoms with Gasteiger partial charge in [0.2, 0.25) is 0 Å². The Bertz CT molecular complexity index is 736. The highest BCUT2D eigenvalue weighted by Gasteiger charge is 2.30. The van der Waals surface area contributed by atoms with Crippen LogP contribution in [-0.4, -0.2) is 36.9 Å². The van der Waals surface area contributed by atoms with E-state index in [1.807, 2.05) is 30.3 Å². The molecule has 0 aliphatic carbocycles. The molecule has 0 bridgehead atoms. The van der Waals surface area contributed by atoms with Crippen molar-refractivity contribution in [3.8, 4) is 5.75 Å². The minimum Gasteiger partial charge on any atom is -0.491 e. The molecular formula is C19H22F3N3O2. The molecule has 1 atom stereocenters. The van der Waals surface area contributed by atoms with Crippen LogP contribution in [0.4, 0.5) is 13.2 Å². The summed E-state index contributed by atoms with van der Waals surface area (Å²) in [5, 5.41) is 12.8. The first-order chi connectivity index (χ1) is 12.8. The Labute approximate surface area is 155 Å². The predicted octanol–water partition coefficient (Wildman–Crippen LogP) is 2.59. The van der Waals surface area contributed by atoms with Crippen molar-refractivity contribution in [2.75, 3.05) is 19.7 Å². The first-order valence-electron chi connectivity index (χ1n) is 8.40. The van der Waals surface area contributed by atoms with Crippen molar-refractivity contribution < 1.29 is 23.0 Å². The molecule has 146 valence electrons. The molecule has 0 aliphatic heterocycles. The van der Waals surface area contributed by atoms with Crippen LogP contribution in [0.5, 0.6) is 5.75 Å². The molecule has 5 nitrogen and oxygen atoms in total. The molecule has 0 saturated heterocycles. The maximum atomic E-state index is 12.6. The van der Waals surface area contributed by atoms with Gasteiger partial charge in [0.25, 0.3) is 0 Å². The van der Waals surface area contributed by atoms with Gasteiger partial charge in [-0.15, -0.1) is 0 Å². The summed E-state index contributed by atoms with van der Waals surface area (Å²) < 4.78 is 43.1. The Morgan fingerprint density at radius 2 is 1.89 bits per heavy atom. The molecule has 0 fully saturated rings. The third-order valence-corrected chi connectivity index (χ3v) is 3.64. The van der Waals surface area contributed by atoms with Crippen LogP contribution in [0, 0.1) is 0 Å². The number of rotatable bonds is 8. The van der Waals surface area contributed by atoms with Crippen LogP contribution in [0.1, 0.15) is 11.1 Å². The molecule has 4 N–H and O–H groups in total. The predicted molar refractivity (Wildman–Crippen MR) is 97.6 cm³/mol. The highest BCUT2D eigenvalue weighted by molar-refractivity contribution is 5.77. The molecule has 8 heteroatoms. The normalized spacial score (nSPS) is 13.3. The molecule has 0 spiro atoms. The second-order valence-corrected chi connectivity index (χ2v) is 5.88. The van der Waals surface area contributed by atoms with Crippen LogP contribution >= 0.6 is 0 Å². The topological polar surface area (TPSA) is 79.9 Å². The van der Waals surface area contributed by atoms with Crippen molar-refractivity contribution in [1.82, 2.24) is 5.32 Å². The minimum absolute atomic E-state index is 0.0247. The Hall–Kier alpha value is -2.74. The SMILES string of the molecule is NC(=NCC(O)COc1cccc(C(F)(F)F)c1)NCCc1ccccc1. The summed E-state index contributed by atoms with van der Waals surface area (Å²) >= 11 is 0. The van der Waals surface area contributed by atoms with E-state index >= 15 is 0 Å². The maximum Gasteiger partial charge on any atom is 0.416 e. The van der Waals surface area contributed by atoms with E-state index in [1.165, 1.54) is 12.1 Å². The lowest BCUT2D eigenvalue weighted by Gasteiger charge is -2.13. The third kappa shape index (κ3) is 7.57. The number of aliphatic imine (C=N–C) groups is 1. The van der Waals surface area contributed by atoms with Gasteiger partial charge in [-0.05, 0) is 30.2 Å². The van der Waals surface area contributed by atoms with Crippen molar-refractivity contribution in [3.05, 3.63) is 65.7 Å². The molecule has 0 amide bonds. The van der Waals surface area contributed by atoms with Gasteiger partial charge >= 0.3 is 6.18 Å². The second kappa shape index (κ2) is 9.82. The molecule has 2 rings (SSSR count). The summed E-state index contributed by atoms with van der Waals surface area (Å²) in [7, 11) is 0. The molecule has 0 aromatic heterocycles. The number of nitrogens with one attached hydrogen (secondary N) is 1. The summed E-state index contributed by atoms with van der Waals surface area (Å²) in [6.45, 7) is 0.376. The lowest BCUT2D eigenvalue weighted by Crippen LogP contribution is -2.34. The van der Waals surface area contributed by atoms with Gasteiger partial charge in [-0.25, -0.2) is 0 Å². The number of benzene rings is 2. The van der Waals surface area contributed by atoms with Gasteiger partial charge in [0, 0.05) is 6.54 Å². The number of ether oxygens (including phenoxy) is 1. The largest absolute Gasteiger partial charge is 0.491 e. The monoisotopic (exact) mass is 381 g/mol.